The number of benzene rings is 1. The van der Waals surface area contributed by atoms with Gasteiger partial charge in [-0.05, 0) is 24.7 Å². The van der Waals surface area contributed by atoms with E-state index in [0.29, 0.717) is 6.42 Å². The van der Waals surface area contributed by atoms with Gasteiger partial charge in [0.05, 0.1) is 18.3 Å². The number of anilines is 2. The molecule has 5 nitrogen and oxygen atoms in total. The summed E-state index contributed by atoms with van der Waals surface area (Å²) < 4.78 is 0. The summed E-state index contributed by atoms with van der Waals surface area (Å²) in [5.74, 6) is 0.949. The lowest BCUT2D eigenvalue weighted by molar-refractivity contribution is -0.115. The van der Waals surface area contributed by atoms with Crippen LogP contribution in [0.2, 0.25) is 0 Å². The van der Waals surface area contributed by atoms with E-state index in [1.807, 2.05) is 42.5 Å². The average molecular weight is 310 g/mol. The molecule has 3 rings (SSSR count). The Morgan fingerprint density at radius 1 is 1.09 bits per heavy atom. The molecule has 0 radical (unpaired) electrons. The van der Waals surface area contributed by atoms with Crippen LogP contribution < -0.4 is 10.2 Å². The SMILES string of the molecule is CN1CCN(c2ccc(NC(=O)Cc3ccccc3)cn2)CC1. The number of rotatable bonds is 4. The number of pyridine rings is 1. The molecule has 1 fully saturated rings. The molecule has 1 saturated heterocycles. The number of aromatic nitrogens is 1. The van der Waals surface area contributed by atoms with Gasteiger partial charge in [-0.2, -0.15) is 0 Å². The quantitative estimate of drug-likeness (QED) is 0.938. The summed E-state index contributed by atoms with van der Waals surface area (Å²) in [5.41, 5.74) is 1.75. The van der Waals surface area contributed by atoms with Crippen molar-refractivity contribution in [3.05, 3.63) is 54.2 Å². The van der Waals surface area contributed by atoms with Gasteiger partial charge in [-0.15, -0.1) is 0 Å². The Labute approximate surface area is 136 Å². The molecular weight excluding hydrogens is 288 g/mol. The molecule has 1 amide bonds. The lowest BCUT2D eigenvalue weighted by Crippen LogP contribution is -2.44. The second-order valence-electron chi connectivity index (χ2n) is 5.91. The highest BCUT2D eigenvalue weighted by atomic mass is 16.1. The Morgan fingerprint density at radius 3 is 2.48 bits per heavy atom. The number of amides is 1. The number of likely N-dealkylation sites (N-methyl/N-ethyl adjacent to an activating group) is 1. The first kappa shape index (κ1) is 15.5. The molecule has 23 heavy (non-hydrogen) atoms. The molecular formula is C18H22N4O. The van der Waals surface area contributed by atoms with Crippen LogP contribution in [0.5, 0.6) is 0 Å². The maximum Gasteiger partial charge on any atom is 0.228 e. The van der Waals surface area contributed by atoms with E-state index in [0.717, 1.165) is 43.2 Å². The fourth-order valence-corrected chi connectivity index (χ4v) is 2.67. The van der Waals surface area contributed by atoms with Crippen molar-refractivity contribution < 1.29 is 4.79 Å². The molecule has 0 aliphatic carbocycles. The van der Waals surface area contributed by atoms with Gasteiger partial charge in [0.25, 0.3) is 0 Å². The minimum absolute atomic E-state index is 0.0228. The molecule has 5 heteroatoms. The van der Waals surface area contributed by atoms with Crippen molar-refractivity contribution >= 4 is 17.4 Å². The molecule has 0 saturated carbocycles. The first-order valence-electron chi connectivity index (χ1n) is 7.94. The number of piperazine rings is 1. The Bertz CT molecular complexity index is 634. The van der Waals surface area contributed by atoms with E-state index in [1.165, 1.54) is 0 Å². The number of hydrogen-bond acceptors (Lipinski definition) is 4. The van der Waals surface area contributed by atoms with E-state index in [9.17, 15) is 4.79 Å². The van der Waals surface area contributed by atoms with Crippen molar-refractivity contribution in [3.63, 3.8) is 0 Å². The topological polar surface area (TPSA) is 48.5 Å². The Hall–Kier alpha value is -2.40. The highest BCUT2D eigenvalue weighted by Crippen LogP contribution is 2.16. The van der Waals surface area contributed by atoms with Crippen molar-refractivity contribution in [3.8, 4) is 0 Å². The van der Waals surface area contributed by atoms with E-state index < -0.39 is 0 Å². The summed E-state index contributed by atoms with van der Waals surface area (Å²) in [6.45, 7) is 4.08. The summed E-state index contributed by atoms with van der Waals surface area (Å²) in [4.78, 5) is 21.1. The van der Waals surface area contributed by atoms with Crippen LogP contribution in [0.25, 0.3) is 0 Å². The van der Waals surface area contributed by atoms with Crippen LogP contribution in [-0.2, 0) is 11.2 Å². The summed E-state index contributed by atoms with van der Waals surface area (Å²) in [6.07, 6.45) is 2.11. The zero-order valence-corrected chi connectivity index (χ0v) is 13.4. The number of carbonyl (C=O) groups is 1. The molecule has 0 spiro atoms. The molecule has 1 aliphatic rings. The second kappa shape index (κ2) is 7.24. The van der Waals surface area contributed by atoms with Crippen LogP contribution in [0.3, 0.4) is 0 Å². The van der Waals surface area contributed by atoms with E-state index in [-0.39, 0.29) is 5.91 Å². The lowest BCUT2D eigenvalue weighted by Gasteiger charge is -2.33. The smallest absolute Gasteiger partial charge is 0.228 e. The van der Waals surface area contributed by atoms with Gasteiger partial charge in [0.2, 0.25) is 5.91 Å². The first-order valence-corrected chi connectivity index (χ1v) is 7.94. The van der Waals surface area contributed by atoms with Crippen molar-refractivity contribution in [2.75, 3.05) is 43.4 Å². The van der Waals surface area contributed by atoms with Gasteiger partial charge in [-0.1, -0.05) is 30.3 Å². The fourth-order valence-electron chi connectivity index (χ4n) is 2.67. The molecule has 2 heterocycles. The van der Waals surface area contributed by atoms with Crippen LogP contribution >= 0.6 is 0 Å². The van der Waals surface area contributed by atoms with Crippen molar-refractivity contribution in [1.82, 2.24) is 9.88 Å². The number of nitrogens with one attached hydrogen (secondary N) is 1. The number of nitrogens with zero attached hydrogens (tertiary/aromatic N) is 3. The molecule has 1 aliphatic heterocycles. The Kier molecular flexibility index (Phi) is 4.88. The normalized spacial score (nSPS) is 15.4. The van der Waals surface area contributed by atoms with Gasteiger partial charge in [-0.3, -0.25) is 4.79 Å². The molecule has 1 N–H and O–H groups in total. The van der Waals surface area contributed by atoms with E-state index in [2.05, 4.69) is 27.1 Å². The Balaban J connectivity index is 1.56. The zero-order chi connectivity index (χ0) is 16.1. The van der Waals surface area contributed by atoms with Crippen LogP contribution in [-0.4, -0.2) is 49.0 Å². The van der Waals surface area contributed by atoms with Crippen LogP contribution in [0.1, 0.15) is 5.56 Å². The third-order valence-corrected chi connectivity index (χ3v) is 4.07. The molecule has 1 aromatic carbocycles. The van der Waals surface area contributed by atoms with Crippen LogP contribution in [0, 0.1) is 0 Å². The highest BCUT2D eigenvalue weighted by Gasteiger charge is 2.15. The van der Waals surface area contributed by atoms with Crippen molar-refractivity contribution in [2.45, 2.75) is 6.42 Å². The first-order chi connectivity index (χ1) is 11.2. The van der Waals surface area contributed by atoms with Gasteiger partial charge in [0.1, 0.15) is 5.82 Å². The number of carbonyl (C=O) groups excluding carboxylic acids is 1. The van der Waals surface area contributed by atoms with E-state index in [4.69, 9.17) is 0 Å². The lowest BCUT2D eigenvalue weighted by atomic mass is 10.1. The standard InChI is InChI=1S/C18H22N4O/c1-21-9-11-22(12-10-21)17-8-7-16(14-19-17)20-18(23)13-15-5-3-2-4-6-15/h2-8,14H,9-13H2,1H3,(H,20,23). The summed E-state index contributed by atoms with van der Waals surface area (Å²) in [7, 11) is 2.14. The molecule has 2 aromatic rings. The molecule has 0 unspecified atom stereocenters. The maximum atomic E-state index is 12.0. The summed E-state index contributed by atoms with van der Waals surface area (Å²) >= 11 is 0. The average Bonchev–Trinajstić information content (AvgIpc) is 2.57. The molecule has 120 valence electrons. The molecule has 0 bridgehead atoms. The van der Waals surface area contributed by atoms with Gasteiger partial charge in [0.15, 0.2) is 0 Å². The highest BCUT2D eigenvalue weighted by molar-refractivity contribution is 5.92. The second-order valence-corrected chi connectivity index (χ2v) is 5.91. The minimum atomic E-state index is -0.0228. The predicted octanol–water partition coefficient (Wildman–Crippen LogP) is 2.01. The molecule has 1 aromatic heterocycles. The zero-order valence-electron chi connectivity index (χ0n) is 13.4. The van der Waals surface area contributed by atoms with Gasteiger partial charge < -0.3 is 15.1 Å². The summed E-state index contributed by atoms with van der Waals surface area (Å²) in [5, 5.41) is 2.90. The maximum absolute atomic E-state index is 12.0. The van der Waals surface area contributed by atoms with Crippen LogP contribution in [0.4, 0.5) is 11.5 Å². The predicted molar refractivity (Wildman–Crippen MR) is 92.7 cm³/mol. The Morgan fingerprint density at radius 2 is 1.83 bits per heavy atom. The monoisotopic (exact) mass is 310 g/mol. The largest absolute Gasteiger partial charge is 0.354 e. The van der Waals surface area contributed by atoms with Gasteiger partial charge in [0, 0.05) is 26.2 Å². The van der Waals surface area contributed by atoms with E-state index >= 15 is 0 Å². The van der Waals surface area contributed by atoms with Crippen molar-refractivity contribution in [2.24, 2.45) is 0 Å². The van der Waals surface area contributed by atoms with Crippen molar-refractivity contribution in [1.29, 1.82) is 0 Å². The minimum Gasteiger partial charge on any atom is -0.354 e. The van der Waals surface area contributed by atoms with Gasteiger partial charge >= 0.3 is 0 Å². The third kappa shape index (κ3) is 4.29. The number of hydrogen-bond donors (Lipinski definition) is 1. The van der Waals surface area contributed by atoms with Crippen LogP contribution in [0.15, 0.2) is 48.7 Å². The van der Waals surface area contributed by atoms with Gasteiger partial charge in [-0.25, -0.2) is 4.98 Å². The molecule has 0 atom stereocenters. The fraction of sp³-hybridized carbons (Fsp3) is 0.333. The van der Waals surface area contributed by atoms with E-state index in [1.54, 1.807) is 6.20 Å². The third-order valence-electron chi connectivity index (χ3n) is 4.07. The summed E-state index contributed by atoms with van der Waals surface area (Å²) in [6, 6.07) is 13.6.